The highest BCUT2D eigenvalue weighted by molar-refractivity contribution is 5.90. The van der Waals surface area contributed by atoms with E-state index in [9.17, 15) is 9.90 Å². The maximum Gasteiger partial charge on any atom is 0.167 e. The number of aliphatic hydroxyl groups excluding tert-OH is 1. The summed E-state index contributed by atoms with van der Waals surface area (Å²) >= 11 is 0. The smallest absolute Gasteiger partial charge is 0.167 e. The standard InChI is InChI=1S/C21H32O2/c1-5-19(3)12-14(22)17(23)20(4)15(19)7-9-21-11-10-18(2,13-21)8-6-16(20)21/h10-11,14-16,22H,5-9,12-13H2,1-4H3/t14-,15+,16-,18-,19-,20-,21+/m1/s1. The Bertz CT molecular complexity index is 580. The molecule has 0 saturated heterocycles. The van der Waals surface area contributed by atoms with Gasteiger partial charge in [-0.2, -0.15) is 0 Å². The minimum absolute atomic E-state index is 0.104. The SMILES string of the molecule is CC[C@]1(C)C[C@@H](O)C(=O)[C@]2(C)[C@H]1CC[C@@]13C=C[C@@](C)(CC[C@@H]12)C3. The highest BCUT2D eigenvalue weighted by Gasteiger charge is 2.67. The predicted octanol–water partition coefficient (Wildman–Crippen LogP) is 4.52. The Morgan fingerprint density at radius 2 is 1.83 bits per heavy atom. The lowest BCUT2D eigenvalue weighted by Gasteiger charge is -2.64. The number of carbonyl (C=O) groups excluding carboxylic acids is 1. The first-order chi connectivity index (χ1) is 10.7. The largest absolute Gasteiger partial charge is 0.385 e. The van der Waals surface area contributed by atoms with Crippen molar-refractivity contribution in [3.05, 3.63) is 12.2 Å². The Morgan fingerprint density at radius 1 is 1.13 bits per heavy atom. The molecule has 7 atom stereocenters. The van der Waals surface area contributed by atoms with E-state index in [1.807, 2.05) is 0 Å². The molecule has 0 aromatic carbocycles. The zero-order valence-electron chi connectivity index (χ0n) is 15.2. The van der Waals surface area contributed by atoms with Crippen LogP contribution in [0.15, 0.2) is 12.2 Å². The molecule has 0 amide bonds. The first-order valence-corrected chi connectivity index (χ1v) is 9.62. The summed E-state index contributed by atoms with van der Waals surface area (Å²) in [5.74, 6) is 1.01. The summed E-state index contributed by atoms with van der Waals surface area (Å²) < 4.78 is 0. The molecule has 128 valence electrons. The second-order valence-electron chi connectivity index (χ2n) is 9.95. The number of aliphatic hydroxyl groups is 1. The van der Waals surface area contributed by atoms with E-state index in [-0.39, 0.29) is 22.0 Å². The van der Waals surface area contributed by atoms with Gasteiger partial charge in [-0.1, -0.05) is 46.3 Å². The molecule has 3 fully saturated rings. The van der Waals surface area contributed by atoms with E-state index in [4.69, 9.17) is 0 Å². The third kappa shape index (κ3) is 1.82. The van der Waals surface area contributed by atoms with Gasteiger partial charge in [-0.3, -0.25) is 4.79 Å². The van der Waals surface area contributed by atoms with Gasteiger partial charge in [0.15, 0.2) is 5.78 Å². The number of fused-ring (bicyclic) bond motifs is 3. The van der Waals surface area contributed by atoms with Gasteiger partial charge in [0, 0.05) is 5.41 Å². The van der Waals surface area contributed by atoms with Gasteiger partial charge < -0.3 is 5.11 Å². The number of rotatable bonds is 1. The van der Waals surface area contributed by atoms with Crippen molar-refractivity contribution >= 4 is 5.78 Å². The average Bonchev–Trinajstić information content (AvgIpc) is 2.75. The summed E-state index contributed by atoms with van der Waals surface area (Å²) in [6.07, 6.45) is 11.8. The zero-order chi connectivity index (χ0) is 16.7. The van der Waals surface area contributed by atoms with E-state index in [1.54, 1.807) is 0 Å². The van der Waals surface area contributed by atoms with Gasteiger partial charge in [-0.15, -0.1) is 0 Å². The third-order valence-corrected chi connectivity index (χ3v) is 8.74. The van der Waals surface area contributed by atoms with Crippen LogP contribution in [0.4, 0.5) is 0 Å². The van der Waals surface area contributed by atoms with E-state index in [2.05, 4.69) is 39.8 Å². The van der Waals surface area contributed by atoms with Crippen LogP contribution in [0.5, 0.6) is 0 Å². The Labute approximate surface area is 140 Å². The number of hydrogen-bond donors (Lipinski definition) is 1. The molecule has 2 bridgehead atoms. The molecule has 0 unspecified atom stereocenters. The number of allylic oxidation sites excluding steroid dienone is 2. The van der Waals surface area contributed by atoms with E-state index in [1.165, 1.54) is 19.3 Å². The fourth-order valence-electron chi connectivity index (χ4n) is 7.45. The molecule has 0 aliphatic heterocycles. The molecule has 2 heteroatoms. The van der Waals surface area contributed by atoms with Crippen molar-refractivity contribution in [2.24, 2.45) is 33.5 Å². The summed E-state index contributed by atoms with van der Waals surface area (Å²) in [5.41, 5.74) is 0.340. The van der Waals surface area contributed by atoms with Crippen molar-refractivity contribution in [3.63, 3.8) is 0 Å². The number of carbonyl (C=O) groups is 1. The maximum atomic E-state index is 13.2. The topological polar surface area (TPSA) is 37.3 Å². The highest BCUT2D eigenvalue weighted by Crippen LogP contribution is 2.71. The number of hydrogen-bond acceptors (Lipinski definition) is 2. The first-order valence-electron chi connectivity index (χ1n) is 9.62. The monoisotopic (exact) mass is 316 g/mol. The van der Waals surface area contributed by atoms with Crippen molar-refractivity contribution in [1.82, 2.24) is 0 Å². The van der Waals surface area contributed by atoms with E-state index < -0.39 is 6.10 Å². The minimum Gasteiger partial charge on any atom is -0.385 e. The van der Waals surface area contributed by atoms with Crippen LogP contribution < -0.4 is 0 Å². The maximum absolute atomic E-state index is 13.2. The van der Waals surface area contributed by atoms with Gasteiger partial charge in [-0.25, -0.2) is 0 Å². The van der Waals surface area contributed by atoms with E-state index >= 15 is 0 Å². The molecule has 1 N–H and O–H groups in total. The van der Waals surface area contributed by atoms with Gasteiger partial charge in [0.05, 0.1) is 0 Å². The minimum atomic E-state index is -0.755. The molecular weight excluding hydrogens is 284 g/mol. The fraction of sp³-hybridized carbons (Fsp3) is 0.857. The Morgan fingerprint density at radius 3 is 2.52 bits per heavy atom. The van der Waals surface area contributed by atoms with Crippen molar-refractivity contribution < 1.29 is 9.90 Å². The molecular formula is C21H32O2. The van der Waals surface area contributed by atoms with Gasteiger partial charge in [0.1, 0.15) is 6.10 Å². The highest BCUT2D eigenvalue weighted by atomic mass is 16.3. The molecule has 2 nitrogen and oxygen atoms in total. The summed E-state index contributed by atoms with van der Waals surface area (Å²) in [4.78, 5) is 13.2. The quantitative estimate of drug-likeness (QED) is 0.722. The van der Waals surface area contributed by atoms with Crippen molar-refractivity contribution in [2.45, 2.75) is 78.7 Å². The molecule has 0 aromatic rings. The van der Waals surface area contributed by atoms with Crippen LogP contribution in [-0.4, -0.2) is 17.0 Å². The van der Waals surface area contributed by atoms with Crippen LogP contribution >= 0.6 is 0 Å². The van der Waals surface area contributed by atoms with Crippen molar-refractivity contribution in [2.75, 3.05) is 0 Å². The summed E-state index contributed by atoms with van der Waals surface area (Å²) in [5, 5.41) is 10.6. The Kier molecular flexibility index (Phi) is 3.11. The summed E-state index contributed by atoms with van der Waals surface area (Å²) in [6.45, 7) is 9.16. The van der Waals surface area contributed by atoms with Crippen molar-refractivity contribution in [1.29, 1.82) is 0 Å². The van der Waals surface area contributed by atoms with Gasteiger partial charge in [0.2, 0.25) is 0 Å². The molecule has 0 heterocycles. The Hall–Kier alpha value is -0.630. The molecule has 4 aliphatic rings. The van der Waals surface area contributed by atoms with E-state index in [0.717, 1.165) is 19.3 Å². The number of ketones is 1. The lowest BCUT2D eigenvalue weighted by atomic mass is 9.39. The summed E-state index contributed by atoms with van der Waals surface area (Å²) in [6, 6.07) is 0. The zero-order valence-corrected chi connectivity index (χ0v) is 15.2. The second-order valence-corrected chi connectivity index (χ2v) is 9.95. The molecule has 4 rings (SSSR count). The van der Waals surface area contributed by atoms with Crippen LogP contribution in [0.25, 0.3) is 0 Å². The van der Waals surface area contributed by atoms with Gasteiger partial charge >= 0.3 is 0 Å². The predicted molar refractivity (Wildman–Crippen MR) is 91.9 cm³/mol. The van der Waals surface area contributed by atoms with Crippen LogP contribution in [0.2, 0.25) is 0 Å². The van der Waals surface area contributed by atoms with Crippen molar-refractivity contribution in [3.8, 4) is 0 Å². The lowest BCUT2D eigenvalue weighted by Crippen LogP contribution is -2.64. The molecule has 1 spiro atoms. The van der Waals surface area contributed by atoms with Crippen LogP contribution in [0.1, 0.15) is 72.6 Å². The first kappa shape index (κ1) is 15.9. The molecule has 4 aliphatic carbocycles. The molecule has 23 heavy (non-hydrogen) atoms. The summed E-state index contributed by atoms with van der Waals surface area (Å²) in [7, 11) is 0. The van der Waals surface area contributed by atoms with E-state index in [0.29, 0.717) is 23.7 Å². The molecule has 0 aromatic heterocycles. The van der Waals surface area contributed by atoms with Crippen LogP contribution in [-0.2, 0) is 4.79 Å². The lowest BCUT2D eigenvalue weighted by molar-refractivity contribution is -0.185. The normalized spacial score (nSPS) is 58.0. The van der Waals surface area contributed by atoms with Crippen LogP contribution in [0.3, 0.4) is 0 Å². The third-order valence-electron chi connectivity index (χ3n) is 8.74. The number of Topliss-reactive ketones (excluding diaryl/α,β-unsaturated/α-hetero) is 1. The van der Waals surface area contributed by atoms with Gasteiger partial charge in [0.25, 0.3) is 0 Å². The molecule has 3 saturated carbocycles. The average molecular weight is 316 g/mol. The second kappa shape index (κ2) is 4.50. The van der Waals surface area contributed by atoms with Crippen LogP contribution in [0, 0.1) is 33.5 Å². The fourth-order valence-corrected chi connectivity index (χ4v) is 7.45. The van der Waals surface area contributed by atoms with Gasteiger partial charge in [-0.05, 0) is 66.6 Å². The molecule has 0 radical (unpaired) electrons. The Balaban J connectivity index is 1.82.